The van der Waals surface area contributed by atoms with Gasteiger partial charge in [0.2, 0.25) is 5.91 Å². The van der Waals surface area contributed by atoms with Gasteiger partial charge in [-0.15, -0.1) is 0 Å². The fraction of sp³-hybridized carbons (Fsp3) is 0.133. The summed E-state index contributed by atoms with van der Waals surface area (Å²) in [4.78, 5) is 11.9. The summed E-state index contributed by atoms with van der Waals surface area (Å²) in [5.41, 5.74) is 2.99. The van der Waals surface area contributed by atoms with Gasteiger partial charge in [-0.1, -0.05) is 41.9 Å². The first kappa shape index (κ1) is 12.2. The van der Waals surface area contributed by atoms with Crippen molar-refractivity contribution in [1.29, 1.82) is 0 Å². The highest BCUT2D eigenvalue weighted by molar-refractivity contribution is 6.30. The second-order valence-corrected chi connectivity index (χ2v) is 4.95. The normalized spacial score (nSPS) is 17.1. The van der Waals surface area contributed by atoms with Crippen molar-refractivity contribution in [3.05, 3.63) is 64.7 Å². The zero-order chi connectivity index (χ0) is 13.2. The van der Waals surface area contributed by atoms with E-state index in [1.165, 1.54) is 0 Å². The molecule has 0 spiro atoms. The first-order valence-corrected chi connectivity index (χ1v) is 6.49. The Balaban J connectivity index is 1.73. The van der Waals surface area contributed by atoms with Crippen LogP contribution in [0.3, 0.4) is 0 Å². The van der Waals surface area contributed by atoms with Gasteiger partial charge in [0.05, 0.1) is 0 Å². The van der Waals surface area contributed by atoms with Crippen molar-refractivity contribution in [2.24, 2.45) is 0 Å². The molecule has 0 radical (unpaired) electrons. The number of rotatable bonds is 3. The molecule has 0 fully saturated rings. The number of hydrogen-bond donors (Lipinski definition) is 2. The van der Waals surface area contributed by atoms with Gasteiger partial charge in [-0.05, 0) is 23.8 Å². The summed E-state index contributed by atoms with van der Waals surface area (Å²) in [6.45, 7) is 0.629. The van der Waals surface area contributed by atoms with E-state index in [9.17, 15) is 4.79 Å². The second-order valence-electron chi connectivity index (χ2n) is 4.52. The molecule has 0 saturated carbocycles. The van der Waals surface area contributed by atoms with Crippen molar-refractivity contribution in [1.82, 2.24) is 5.32 Å². The van der Waals surface area contributed by atoms with Crippen LogP contribution in [0.15, 0.2) is 48.5 Å². The van der Waals surface area contributed by atoms with E-state index in [0.717, 1.165) is 16.8 Å². The standard InChI is InChI=1S/C15H13ClN2O/c16-11-7-5-10(6-8-11)9-17-14-12-3-1-2-4-13(12)18-15(14)19/h1-8,14,17H,9H2,(H,18,19). The Morgan fingerprint density at radius 2 is 1.84 bits per heavy atom. The molecule has 0 aliphatic carbocycles. The summed E-state index contributed by atoms with van der Waals surface area (Å²) in [6, 6.07) is 15.1. The molecule has 1 heterocycles. The molecule has 0 bridgehead atoms. The Labute approximate surface area is 116 Å². The fourth-order valence-corrected chi connectivity index (χ4v) is 2.36. The SMILES string of the molecule is O=C1Nc2ccccc2C1NCc1ccc(Cl)cc1. The van der Waals surface area contributed by atoms with Crippen LogP contribution in [-0.4, -0.2) is 5.91 Å². The molecule has 1 atom stereocenters. The third kappa shape index (κ3) is 2.48. The highest BCUT2D eigenvalue weighted by Crippen LogP contribution is 2.30. The van der Waals surface area contributed by atoms with Crippen molar-refractivity contribution in [2.75, 3.05) is 5.32 Å². The molecule has 1 aliphatic rings. The lowest BCUT2D eigenvalue weighted by Crippen LogP contribution is -2.27. The number of para-hydroxylation sites is 1. The van der Waals surface area contributed by atoms with Crippen LogP contribution in [0.1, 0.15) is 17.2 Å². The maximum atomic E-state index is 11.9. The lowest BCUT2D eigenvalue weighted by atomic mass is 10.1. The van der Waals surface area contributed by atoms with Gasteiger partial charge in [-0.2, -0.15) is 0 Å². The van der Waals surface area contributed by atoms with Crippen LogP contribution < -0.4 is 10.6 Å². The fourth-order valence-electron chi connectivity index (χ4n) is 2.23. The summed E-state index contributed by atoms with van der Waals surface area (Å²) in [5.74, 6) is -0.00448. The van der Waals surface area contributed by atoms with Crippen LogP contribution in [-0.2, 0) is 11.3 Å². The summed E-state index contributed by atoms with van der Waals surface area (Å²) < 4.78 is 0. The van der Waals surface area contributed by atoms with Crippen LogP contribution in [0.4, 0.5) is 5.69 Å². The number of halogens is 1. The predicted molar refractivity (Wildman–Crippen MR) is 76.1 cm³/mol. The quantitative estimate of drug-likeness (QED) is 0.901. The van der Waals surface area contributed by atoms with Gasteiger partial charge >= 0.3 is 0 Å². The molecule has 96 valence electrons. The van der Waals surface area contributed by atoms with Crippen LogP contribution in [0.2, 0.25) is 5.02 Å². The lowest BCUT2D eigenvalue weighted by Gasteiger charge is -2.11. The summed E-state index contributed by atoms with van der Waals surface area (Å²) in [6.07, 6.45) is 0. The Bertz CT molecular complexity index is 610. The van der Waals surface area contributed by atoms with Gasteiger partial charge in [0.15, 0.2) is 0 Å². The van der Waals surface area contributed by atoms with E-state index in [0.29, 0.717) is 11.6 Å². The van der Waals surface area contributed by atoms with Gasteiger partial charge in [0, 0.05) is 22.8 Å². The predicted octanol–water partition coefficient (Wildman–Crippen LogP) is 3.12. The average Bonchev–Trinajstić information content (AvgIpc) is 2.74. The monoisotopic (exact) mass is 272 g/mol. The number of anilines is 1. The van der Waals surface area contributed by atoms with Gasteiger partial charge in [-0.25, -0.2) is 0 Å². The van der Waals surface area contributed by atoms with E-state index in [4.69, 9.17) is 11.6 Å². The topological polar surface area (TPSA) is 41.1 Å². The van der Waals surface area contributed by atoms with E-state index in [2.05, 4.69) is 10.6 Å². The van der Waals surface area contributed by atoms with E-state index in [1.807, 2.05) is 48.5 Å². The molecule has 3 rings (SSSR count). The number of hydrogen-bond acceptors (Lipinski definition) is 2. The van der Waals surface area contributed by atoms with E-state index in [-0.39, 0.29) is 11.9 Å². The molecule has 1 aliphatic heterocycles. The molecular weight excluding hydrogens is 260 g/mol. The average molecular weight is 273 g/mol. The molecule has 0 aromatic heterocycles. The van der Waals surface area contributed by atoms with E-state index in [1.54, 1.807) is 0 Å². The smallest absolute Gasteiger partial charge is 0.246 e. The largest absolute Gasteiger partial charge is 0.324 e. The first-order chi connectivity index (χ1) is 9.24. The molecule has 2 N–H and O–H groups in total. The number of carbonyl (C=O) groups is 1. The van der Waals surface area contributed by atoms with Gasteiger partial charge in [0.1, 0.15) is 6.04 Å². The van der Waals surface area contributed by atoms with Crippen LogP contribution in [0.25, 0.3) is 0 Å². The van der Waals surface area contributed by atoms with Gasteiger partial charge in [-0.3, -0.25) is 10.1 Å². The summed E-state index contributed by atoms with van der Waals surface area (Å²) >= 11 is 5.84. The Kier molecular flexibility index (Phi) is 3.23. The third-order valence-electron chi connectivity index (χ3n) is 3.22. The van der Waals surface area contributed by atoms with Crippen molar-refractivity contribution in [3.63, 3.8) is 0 Å². The van der Waals surface area contributed by atoms with Crippen LogP contribution in [0.5, 0.6) is 0 Å². The first-order valence-electron chi connectivity index (χ1n) is 6.11. The van der Waals surface area contributed by atoms with E-state index >= 15 is 0 Å². The molecule has 3 nitrogen and oxygen atoms in total. The Morgan fingerprint density at radius 1 is 1.11 bits per heavy atom. The minimum atomic E-state index is -0.285. The second kappa shape index (κ2) is 5.03. The summed E-state index contributed by atoms with van der Waals surface area (Å²) in [7, 11) is 0. The van der Waals surface area contributed by atoms with Crippen molar-refractivity contribution >= 4 is 23.2 Å². The molecule has 2 aromatic rings. The van der Waals surface area contributed by atoms with Crippen molar-refractivity contribution in [2.45, 2.75) is 12.6 Å². The summed E-state index contributed by atoms with van der Waals surface area (Å²) in [5, 5.41) is 6.85. The molecule has 2 aromatic carbocycles. The van der Waals surface area contributed by atoms with E-state index < -0.39 is 0 Å². The van der Waals surface area contributed by atoms with Crippen LogP contribution >= 0.6 is 11.6 Å². The minimum absolute atomic E-state index is 0.00448. The molecule has 0 saturated heterocycles. The zero-order valence-corrected chi connectivity index (χ0v) is 10.9. The zero-order valence-electron chi connectivity index (χ0n) is 10.2. The molecule has 4 heteroatoms. The van der Waals surface area contributed by atoms with Crippen molar-refractivity contribution in [3.8, 4) is 0 Å². The molecule has 19 heavy (non-hydrogen) atoms. The highest BCUT2D eigenvalue weighted by atomic mass is 35.5. The third-order valence-corrected chi connectivity index (χ3v) is 3.47. The Hall–Kier alpha value is -1.84. The minimum Gasteiger partial charge on any atom is -0.324 e. The molecule has 1 amide bonds. The van der Waals surface area contributed by atoms with Gasteiger partial charge < -0.3 is 5.32 Å². The van der Waals surface area contributed by atoms with Crippen LogP contribution in [0, 0.1) is 0 Å². The number of benzene rings is 2. The molecule has 1 unspecified atom stereocenters. The molecular formula is C15H13ClN2O. The number of amides is 1. The number of carbonyl (C=O) groups excluding carboxylic acids is 1. The number of fused-ring (bicyclic) bond motifs is 1. The lowest BCUT2D eigenvalue weighted by molar-refractivity contribution is -0.117. The number of nitrogens with one attached hydrogen (secondary N) is 2. The highest BCUT2D eigenvalue weighted by Gasteiger charge is 2.29. The van der Waals surface area contributed by atoms with Gasteiger partial charge in [0.25, 0.3) is 0 Å². The Morgan fingerprint density at radius 3 is 2.63 bits per heavy atom. The maximum Gasteiger partial charge on any atom is 0.246 e. The van der Waals surface area contributed by atoms with Crippen molar-refractivity contribution < 1.29 is 4.79 Å². The maximum absolute atomic E-state index is 11.9.